The smallest absolute Gasteiger partial charge is 0.311 e. The molecule has 1 heterocycles. The van der Waals surface area contributed by atoms with Crippen LogP contribution in [0.15, 0.2) is 18.7 Å². The van der Waals surface area contributed by atoms with Gasteiger partial charge in [-0.3, -0.25) is 4.79 Å². The molecule has 0 fully saturated rings. The molecule has 0 saturated carbocycles. The summed E-state index contributed by atoms with van der Waals surface area (Å²) in [4.78, 5) is 18.3. The first kappa shape index (κ1) is 11.6. The van der Waals surface area contributed by atoms with Crippen molar-refractivity contribution in [2.45, 2.75) is 18.6 Å². The fraction of sp³-hybridized carbons (Fsp3) is 0.375. The van der Waals surface area contributed by atoms with Gasteiger partial charge in [0.1, 0.15) is 6.33 Å². The molecule has 1 aromatic rings. The molecule has 0 aromatic carbocycles. The van der Waals surface area contributed by atoms with Crippen LogP contribution >= 0.6 is 0 Å². The minimum absolute atomic E-state index is 0.264. The normalized spacial score (nSPS) is 15.8. The van der Waals surface area contributed by atoms with Crippen LogP contribution in [0, 0.1) is 0 Å². The van der Waals surface area contributed by atoms with E-state index in [0.717, 1.165) is 18.7 Å². The molecule has 1 atom stereocenters. The molecule has 0 bridgehead atoms. The number of rotatable bonds is 2. The van der Waals surface area contributed by atoms with E-state index in [2.05, 4.69) is 9.97 Å². The quantitative estimate of drug-likeness (QED) is 0.751. The Labute approximate surface area is 83.3 Å². The maximum Gasteiger partial charge on any atom is 0.413 e. The summed E-state index contributed by atoms with van der Waals surface area (Å²) in [5.41, 5.74) is 1.76. The number of alkyl halides is 3. The second-order valence-corrected chi connectivity index (χ2v) is 3.16. The maximum atomic E-state index is 12.4. The predicted octanol–water partition coefficient (Wildman–Crippen LogP) is 0.939. The lowest BCUT2D eigenvalue weighted by molar-refractivity contribution is -0.165. The Morgan fingerprint density at radius 1 is 1.33 bits per heavy atom. The number of hydrogen-bond acceptors (Lipinski definition) is 4. The van der Waals surface area contributed by atoms with Crippen LogP contribution in [0.4, 0.5) is 13.2 Å². The zero-order chi connectivity index (χ0) is 11.7. The molecule has 1 rings (SSSR count). The summed E-state index contributed by atoms with van der Waals surface area (Å²) in [6.45, 7) is 0.613. The van der Waals surface area contributed by atoms with Gasteiger partial charge in [-0.15, -0.1) is 0 Å². The second kappa shape index (κ2) is 3.58. The van der Waals surface area contributed by atoms with Crippen LogP contribution in [-0.4, -0.2) is 27.5 Å². The van der Waals surface area contributed by atoms with E-state index in [1.807, 2.05) is 0 Å². The van der Waals surface area contributed by atoms with Crippen molar-refractivity contribution < 1.29 is 18.0 Å². The number of carbonyl (C=O) groups is 1. The highest BCUT2D eigenvalue weighted by molar-refractivity contribution is 6.03. The summed E-state index contributed by atoms with van der Waals surface area (Å²) in [6, 6.07) is 0. The average Bonchev–Trinajstić information content (AvgIpc) is 2.16. The fourth-order valence-electron chi connectivity index (χ4n) is 0.845. The number of nitrogens with two attached hydrogens (primary N) is 1. The van der Waals surface area contributed by atoms with Crippen molar-refractivity contribution in [2.24, 2.45) is 5.73 Å². The van der Waals surface area contributed by atoms with E-state index in [4.69, 9.17) is 5.73 Å². The summed E-state index contributed by atoms with van der Waals surface area (Å²) >= 11 is 0. The highest BCUT2D eigenvalue weighted by atomic mass is 19.4. The first-order valence-electron chi connectivity index (χ1n) is 3.92. The van der Waals surface area contributed by atoms with Gasteiger partial charge in [-0.05, 0) is 6.92 Å². The summed E-state index contributed by atoms with van der Waals surface area (Å²) < 4.78 is 37.1. The Kier molecular flexibility index (Phi) is 2.76. The summed E-state index contributed by atoms with van der Waals surface area (Å²) in [5.74, 6) is -1.25. The van der Waals surface area contributed by atoms with Gasteiger partial charge >= 0.3 is 6.18 Å². The molecule has 82 valence electrons. The van der Waals surface area contributed by atoms with E-state index in [-0.39, 0.29) is 5.56 Å². The van der Waals surface area contributed by atoms with Crippen LogP contribution in [0.2, 0.25) is 0 Å². The van der Waals surface area contributed by atoms with E-state index in [1.54, 1.807) is 0 Å². The number of hydrogen-bond donors (Lipinski definition) is 1. The van der Waals surface area contributed by atoms with Crippen molar-refractivity contribution in [3.05, 3.63) is 24.3 Å². The molecule has 0 radical (unpaired) electrons. The maximum absolute atomic E-state index is 12.4. The molecule has 0 amide bonds. The summed E-state index contributed by atoms with van der Waals surface area (Å²) in [6.07, 6.45) is -1.71. The van der Waals surface area contributed by atoms with Gasteiger partial charge in [0.15, 0.2) is 11.3 Å². The molecule has 1 aromatic heterocycles. The molecule has 2 N–H and O–H groups in total. The third kappa shape index (κ3) is 2.12. The lowest BCUT2D eigenvalue weighted by atomic mass is 9.93. The largest absolute Gasteiger partial charge is 0.413 e. The third-order valence-electron chi connectivity index (χ3n) is 1.88. The van der Waals surface area contributed by atoms with Crippen molar-refractivity contribution in [2.75, 3.05) is 0 Å². The van der Waals surface area contributed by atoms with Crippen LogP contribution in [0.5, 0.6) is 0 Å². The lowest BCUT2D eigenvalue weighted by Crippen LogP contribution is -2.57. The molecule has 1 unspecified atom stereocenters. The topological polar surface area (TPSA) is 68.9 Å². The molecule has 0 aliphatic heterocycles. The standard InChI is InChI=1S/C8H8F3N3O/c1-7(12,8(9,10)11)6(15)5-2-13-4-14-3-5/h2-4H,12H2,1H3. The highest BCUT2D eigenvalue weighted by Crippen LogP contribution is 2.30. The van der Waals surface area contributed by atoms with Crippen LogP contribution in [0.25, 0.3) is 0 Å². The monoisotopic (exact) mass is 219 g/mol. The van der Waals surface area contributed by atoms with E-state index >= 15 is 0 Å². The second-order valence-electron chi connectivity index (χ2n) is 3.16. The van der Waals surface area contributed by atoms with Gasteiger partial charge in [0, 0.05) is 12.4 Å². The molecule has 0 saturated heterocycles. The molecular formula is C8H8F3N3O. The molecule has 7 heteroatoms. The highest BCUT2D eigenvalue weighted by Gasteiger charge is 2.53. The van der Waals surface area contributed by atoms with Crippen molar-refractivity contribution in [1.29, 1.82) is 0 Å². The SMILES string of the molecule is CC(N)(C(=O)c1cncnc1)C(F)(F)F. The fourth-order valence-corrected chi connectivity index (χ4v) is 0.845. The van der Waals surface area contributed by atoms with Gasteiger partial charge in [-0.2, -0.15) is 13.2 Å². The van der Waals surface area contributed by atoms with Gasteiger partial charge < -0.3 is 5.73 Å². The summed E-state index contributed by atoms with van der Waals surface area (Å²) in [5, 5.41) is 0. The molecule has 4 nitrogen and oxygen atoms in total. The lowest BCUT2D eigenvalue weighted by Gasteiger charge is -2.25. The molecular weight excluding hydrogens is 211 g/mol. The van der Waals surface area contributed by atoms with E-state index in [9.17, 15) is 18.0 Å². The Morgan fingerprint density at radius 3 is 2.20 bits per heavy atom. The average molecular weight is 219 g/mol. The minimum Gasteiger partial charge on any atom is -0.311 e. The van der Waals surface area contributed by atoms with Crippen LogP contribution in [-0.2, 0) is 0 Å². The van der Waals surface area contributed by atoms with Gasteiger partial charge in [0.2, 0.25) is 0 Å². The molecule has 15 heavy (non-hydrogen) atoms. The number of carbonyl (C=O) groups excluding carboxylic acids is 1. The Morgan fingerprint density at radius 2 is 1.80 bits per heavy atom. The van der Waals surface area contributed by atoms with Gasteiger partial charge in [-0.25, -0.2) is 9.97 Å². The van der Waals surface area contributed by atoms with E-state index in [0.29, 0.717) is 6.92 Å². The van der Waals surface area contributed by atoms with Crippen molar-refractivity contribution in [1.82, 2.24) is 9.97 Å². The Balaban J connectivity index is 3.06. The van der Waals surface area contributed by atoms with Crippen LogP contribution in [0.3, 0.4) is 0 Å². The zero-order valence-corrected chi connectivity index (χ0v) is 7.75. The number of nitrogens with zero attached hydrogens (tertiary/aromatic N) is 2. The van der Waals surface area contributed by atoms with Crippen molar-refractivity contribution >= 4 is 5.78 Å². The predicted molar refractivity (Wildman–Crippen MR) is 45.0 cm³/mol. The van der Waals surface area contributed by atoms with Crippen molar-refractivity contribution in [3.8, 4) is 0 Å². The third-order valence-corrected chi connectivity index (χ3v) is 1.88. The summed E-state index contributed by atoms with van der Waals surface area (Å²) in [7, 11) is 0. The van der Waals surface area contributed by atoms with Gasteiger partial charge in [0.25, 0.3) is 0 Å². The molecule has 0 aliphatic rings. The zero-order valence-electron chi connectivity index (χ0n) is 7.75. The van der Waals surface area contributed by atoms with Crippen LogP contribution in [0.1, 0.15) is 17.3 Å². The number of ketones is 1. The van der Waals surface area contributed by atoms with E-state index in [1.165, 1.54) is 0 Å². The first-order valence-corrected chi connectivity index (χ1v) is 3.92. The molecule has 0 spiro atoms. The van der Waals surface area contributed by atoms with E-state index < -0.39 is 17.5 Å². The Hall–Kier alpha value is -1.50. The number of Topliss-reactive ketones (excluding diaryl/α,β-unsaturated/α-hetero) is 1. The van der Waals surface area contributed by atoms with Crippen molar-refractivity contribution in [3.63, 3.8) is 0 Å². The van der Waals surface area contributed by atoms with Gasteiger partial charge in [-0.1, -0.05) is 0 Å². The first-order chi connectivity index (χ1) is 6.77. The number of halogens is 3. The molecule has 0 aliphatic carbocycles. The Bertz CT molecular complexity index is 361. The van der Waals surface area contributed by atoms with Crippen LogP contribution < -0.4 is 5.73 Å². The van der Waals surface area contributed by atoms with Gasteiger partial charge in [0.05, 0.1) is 5.56 Å². The minimum atomic E-state index is -4.81. The number of aromatic nitrogens is 2.